The summed E-state index contributed by atoms with van der Waals surface area (Å²) in [5.41, 5.74) is 1.37. The highest BCUT2D eigenvalue weighted by Gasteiger charge is 2.27. The first-order valence-corrected chi connectivity index (χ1v) is 7.21. The van der Waals surface area contributed by atoms with Crippen LogP contribution in [-0.2, 0) is 0 Å². The van der Waals surface area contributed by atoms with Crippen molar-refractivity contribution < 1.29 is 4.74 Å². The highest BCUT2D eigenvalue weighted by atomic mass is 16.5. The van der Waals surface area contributed by atoms with Gasteiger partial charge in [-0.25, -0.2) is 0 Å². The molecule has 106 valence electrons. The summed E-state index contributed by atoms with van der Waals surface area (Å²) < 4.78 is 5.22. The van der Waals surface area contributed by atoms with Gasteiger partial charge in [-0.3, -0.25) is 4.90 Å². The van der Waals surface area contributed by atoms with Crippen molar-refractivity contribution >= 4 is 0 Å². The van der Waals surface area contributed by atoms with Gasteiger partial charge in [-0.2, -0.15) is 0 Å². The summed E-state index contributed by atoms with van der Waals surface area (Å²) in [7, 11) is 3.78. The van der Waals surface area contributed by atoms with Gasteiger partial charge in [0.2, 0.25) is 0 Å². The van der Waals surface area contributed by atoms with E-state index in [0.29, 0.717) is 18.0 Å². The highest BCUT2D eigenvalue weighted by molar-refractivity contribution is 5.29. The third-order valence-electron chi connectivity index (χ3n) is 4.45. The van der Waals surface area contributed by atoms with Crippen molar-refractivity contribution in [3.8, 4) is 5.75 Å². The lowest BCUT2D eigenvalue weighted by Gasteiger charge is -2.40. The molecule has 19 heavy (non-hydrogen) atoms. The van der Waals surface area contributed by atoms with Crippen molar-refractivity contribution in [2.75, 3.05) is 27.2 Å². The topological polar surface area (TPSA) is 24.5 Å². The Morgan fingerprint density at radius 1 is 1.32 bits per heavy atom. The summed E-state index contributed by atoms with van der Waals surface area (Å²) in [5.74, 6) is 1.64. The fourth-order valence-corrected chi connectivity index (χ4v) is 3.05. The van der Waals surface area contributed by atoms with Crippen LogP contribution in [0.4, 0.5) is 0 Å². The standard InChI is InChI=1S/C16H26N2O/c1-12-11-18(10-9-16(12)17-3)13(2)14-5-7-15(19-4)8-6-14/h5-8,12-13,16-17H,9-11H2,1-4H3. The second-order valence-electron chi connectivity index (χ2n) is 5.61. The molecule has 0 amide bonds. The summed E-state index contributed by atoms with van der Waals surface area (Å²) in [4.78, 5) is 2.58. The zero-order chi connectivity index (χ0) is 13.8. The molecule has 0 bridgehead atoms. The molecular formula is C16H26N2O. The van der Waals surface area contributed by atoms with Crippen LogP contribution in [0.2, 0.25) is 0 Å². The molecule has 1 heterocycles. The molecule has 1 aromatic carbocycles. The lowest BCUT2D eigenvalue weighted by atomic mass is 9.92. The molecule has 1 aromatic rings. The Morgan fingerprint density at radius 3 is 2.53 bits per heavy atom. The normalized spacial score (nSPS) is 26.1. The Hall–Kier alpha value is -1.06. The van der Waals surface area contributed by atoms with E-state index in [4.69, 9.17) is 4.74 Å². The van der Waals surface area contributed by atoms with Crippen molar-refractivity contribution in [1.29, 1.82) is 0 Å². The minimum absolute atomic E-state index is 0.478. The molecule has 0 radical (unpaired) electrons. The zero-order valence-electron chi connectivity index (χ0n) is 12.5. The predicted molar refractivity (Wildman–Crippen MR) is 79.6 cm³/mol. The Bertz CT molecular complexity index is 390. The fourth-order valence-electron chi connectivity index (χ4n) is 3.05. The number of nitrogens with zero attached hydrogens (tertiary/aromatic N) is 1. The number of benzene rings is 1. The van der Waals surface area contributed by atoms with E-state index in [1.165, 1.54) is 25.1 Å². The van der Waals surface area contributed by atoms with E-state index in [0.717, 1.165) is 5.75 Å². The number of hydrogen-bond acceptors (Lipinski definition) is 3. The Kier molecular flexibility index (Phi) is 4.83. The van der Waals surface area contributed by atoms with Gasteiger partial charge in [0.15, 0.2) is 0 Å². The number of hydrogen-bond donors (Lipinski definition) is 1. The Labute approximate surface area is 116 Å². The number of ether oxygens (including phenoxy) is 1. The van der Waals surface area contributed by atoms with Crippen LogP contribution in [0, 0.1) is 5.92 Å². The van der Waals surface area contributed by atoms with Crippen LogP contribution in [-0.4, -0.2) is 38.2 Å². The van der Waals surface area contributed by atoms with Crippen molar-refractivity contribution in [3.63, 3.8) is 0 Å². The number of nitrogens with one attached hydrogen (secondary N) is 1. The van der Waals surface area contributed by atoms with E-state index in [-0.39, 0.29) is 0 Å². The molecule has 1 aliphatic heterocycles. The number of likely N-dealkylation sites (tertiary alicyclic amines) is 1. The van der Waals surface area contributed by atoms with Gasteiger partial charge in [-0.15, -0.1) is 0 Å². The van der Waals surface area contributed by atoms with Crippen molar-refractivity contribution in [3.05, 3.63) is 29.8 Å². The molecule has 3 heteroatoms. The van der Waals surface area contributed by atoms with Gasteiger partial charge in [0.25, 0.3) is 0 Å². The second kappa shape index (κ2) is 6.40. The average molecular weight is 262 g/mol. The van der Waals surface area contributed by atoms with E-state index >= 15 is 0 Å². The van der Waals surface area contributed by atoms with Gasteiger partial charge in [-0.1, -0.05) is 19.1 Å². The predicted octanol–water partition coefficient (Wildman–Crippen LogP) is 2.69. The highest BCUT2D eigenvalue weighted by Crippen LogP contribution is 2.27. The monoisotopic (exact) mass is 262 g/mol. The maximum Gasteiger partial charge on any atom is 0.118 e. The molecule has 1 N–H and O–H groups in total. The summed E-state index contributed by atoms with van der Waals surface area (Å²) in [6.07, 6.45) is 1.23. The van der Waals surface area contributed by atoms with Crippen molar-refractivity contribution in [1.82, 2.24) is 10.2 Å². The van der Waals surface area contributed by atoms with Gasteiger partial charge in [0.1, 0.15) is 5.75 Å². The molecule has 0 spiro atoms. The molecule has 1 aliphatic rings. The smallest absolute Gasteiger partial charge is 0.118 e. The SMILES string of the molecule is CNC1CCN(C(C)c2ccc(OC)cc2)CC1C. The van der Waals surface area contributed by atoms with E-state index in [1.54, 1.807) is 7.11 Å². The lowest BCUT2D eigenvalue weighted by molar-refractivity contribution is 0.114. The summed E-state index contributed by atoms with van der Waals surface area (Å²) in [5, 5.41) is 3.42. The lowest BCUT2D eigenvalue weighted by Crippen LogP contribution is -2.47. The first kappa shape index (κ1) is 14.4. The van der Waals surface area contributed by atoms with Crippen LogP contribution in [0.3, 0.4) is 0 Å². The van der Waals surface area contributed by atoms with Gasteiger partial charge < -0.3 is 10.1 Å². The number of piperidine rings is 1. The maximum absolute atomic E-state index is 5.22. The third-order valence-corrected chi connectivity index (χ3v) is 4.45. The third kappa shape index (κ3) is 3.28. The largest absolute Gasteiger partial charge is 0.497 e. The molecule has 3 unspecified atom stereocenters. The Balaban J connectivity index is 2.01. The molecule has 0 aliphatic carbocycles. The first-order valence-electron chi connectivity index (χ1n) is 7.21. The maximum atomic E-state index is 5.22. The van der Waals surface area contributed by atoms with E-state index in [1.807, 2.05) is 0 Å². The minimum atomic E-state index is 0.478. The van der Waals surface area contributed by atoms with Gasteiger partial charge in [0.05, 0.1) is 7.11 Å². The van der Waals surface area contributed by atoms with Gasteiger partial charge in [-0.05, 0) is 44.0 Å². The van der Waals surface area contributed by atoms with Crippen LogP contribution in [0.15, 0.2) is 24.3 Å². The molecule has 1 fully saturated rings. The fraction of sp³-hybridized carbons (Fsp3) is 0.625. The summed E-state index contributed by atoms with van der Waals surface area (Å²) in [6, 6.07) is 9.60. The molecule has 0 saturated carbocycles. The number of rotatable bonds is 4. The van der Waals surface area contributed by atoms with Crippen LogP contribution in [0.25, 0.3) is 0 Å². The van der Waals surface area contributed by atoms with Crippen LogP contribution < -0.4 is 10.1 Å². The molecule has 1 saturated heterocycles. The quantitative estimate of drug-likeness (QED) is 0.903. The zero-order valence-corrected chi connectivity index (χ0v) is 12.5. The van der Waals surface area contributed by atoms with Crippen molar-refractivity contribution in [2.24, 2.45) is 5.92 Å². The van der Waals surface area contributed by atoms with Crippen LogP contribution >= 0.6 is 0 Å². The van der Waals surface area contributed by atoms with Gasteiger partial charge in [0, 0.05) is 25.2 Å². The minimum Gasteiger partial charge on any atom is -0.497 e. The summed E-state index contributed by atoms with van der Waals surface area (Å²) in [6.45, 7) is 6.98. The first-order chi connectivity index (χ1) is 9.15. The van der Waals surface area contributed by atoms with E-state index < -0.39 is 0 Å². The van der Waals surface area contributed by atoms with Crippen LogP contribution in [0.1, 0.15) is 31.9 Å². The molecular weight excluding hydrogens is 236 g/mol. The van der Waals surface area contributed by atoms with Crippen molar-refractivity contribution in [2.45, 2.75) is 32.4 Å². The van der Waals surface area contributed by atoms with Gasteiger partial charge >= 0.3 is 0 Å². The van der Waals surface area contributed by atoms with E-state index in [9.17, 15) is 0 Å². The van der Waals surface area contributed by atoms with E-state index in [2.05, 4.69) is 55.4 Å². The second-order valence-corrected chi connectivity index (χ2v) is 5.61. The number of methoxy groups -OCH3 is 1. The Morgan fingerprint density at radius 2 is 2.00 bits per heavy atom. The molecule has 3 nitrogen and oxygen atoms in total. The summed E-state index contributed by atoms with van der Waals surface area (Å²) >= 11 is 0. The average Bonchev–Trinajstić information content (AvgIpc) is 2.46. The molecule has 2 rings (SSSR count). The van der Waals surface area contributed by atoms with Crippen LogP contribution in [0.5, 0.6) is 5.75 Å². The molecule has 3 atom stereocenters. The molecule has 0 aromatic heterocycles.